The molecule has 43 heavy (non-hydrogen) atoms. The van der Waals surface area contributed by atoms with E-state index in [2.05, 4.69) is 47.7 Å². The number of piperazine rings is 1. The molecule has 1 fully saturated rings. The van der Waals surface area contributed by atoms with E-state index in [-0.39, 0.29) is 19.1 Å². The number of benzene rings is 3. The fourth-order valence-corrected chi connectivity index (χ4v) is 6.95. The number of rotatable bonds is 10. The highest BCUT2D eigenvalue weighted by atomic mass is 32.2. The number of carbonyl (C=O) groups is 2. The molecule has 3 aromatic carbocycles. The minimum atomic E-state index is -3.73. The molecule has 1 N–H and O–H groups in total. The maximum atomic E-state index is 13.1. The average Bonchev–Trinajstić information content (AvgIpc) is 2.98. The van der Waals surface area contributed by atoms with E-state index in [0.717, 1.165) is 41.9 Å². The average molecular weight is 606 g/mol. The van der Waals surface area contributed by atoms with Gasteiger partial charge in [-0.25, -0.2) is 17.9 Å². The van der Waals surface area contributed by atoms with Crippen LogP contribution in [0.3, 0.4) is 0 Å². The highest BCUT2D eigenvalue weighted by Gasteiger charge is 2.24. The van der Waals surface area contributed by atoms with E-state index < -0.39 is 16.0 Å². The van der Waals surface area contributed by atoms with Crippen LogP contribution in [0, 0.1) is 27.7 Å². The molecule has 1 aliphatic heterocycles. The van der Waals surface area contributed by atoms with Crippen LogP contribution in [0.25, 0.3) is 0 Å². The normalized spacial score (nSPS) is 14.3. The predicted octanol–water partition coefficient (Wildman–Crippen LogP) is 5.02. The number of amides is 1. The van der Waals surface area contributed by atoms with Crippen molar-refractivity contribution in [2.45, 2.75) is 65.4 Å². The van der Waals surface area contributed by atoms with Gasteiger partial charge in [0.1, 0.15) is 0 Å². The van der Waals surface area contributed by atoms with Gasteiger partial charge in [-0.3, -0.25) is 9.69 Å². The summed E-state index contributed by atoms with van der Waals surface area (Å²) in [6, 6.07) is 17.2. The molecule has 1 saturated heterocycles. The van der Waals surface area contributed by atoms with Gasteiger partial charge in [0.25, 0.3) is 5.91 Å². The topological polar surface area (TPSA) is 96.0 Å². The minimum absolute atomic E-state index is 0.0806. The lowest BCUT2D eigenvalue weighted by atomic mass is 10.0. The van der Waals surface area contributed by atoms with E-state index in [1.807, 2.05) is 33.8 Å². The molecule has 4 rings (SSSR count). The van der Waals surface area contributed by atoms with Gasteiger partial charge in [0, 0.05) is 39.3 Å². The van der Waals surface area contributed by atoms with Crippen molar-refractivity contribution in [3.63, 3.8) is 0 Å². The molecule has 0 spiro atoms. The largest absolute Gasteiger partial charge is 0.452 e. The molecule has 0 bridgehead atoms. The number of carbonyl (C=O) groups excluding carboxylic acids is 2. The summed E-state index contributed by atoms with van der Waals surface area (Å²) >= 11 is 0. The zero-order valence-electron chi connectivity index (χ0n) is 26.1. The molecule has 1 amide bonds. The Morgan fingerprint density at radius 1 is 0.837 bits per heavy atom. The first-order chi connectivity index (χ1) is 20.4. The van der Waals surface area contributed by atoms with E-state index in [9.17, 15) is 18.0 Å². The summed E-state index contributed by atoms with van der Waals surface area (Å²) in [5.41, 5.74) is 6.90. The summed E-state index contributed by atoms with van der Waals surface area (Å²) in [5.74, 6) is -0.295. The Labute approximate surface area is 256 Å². The fourth-order valence-electron chi connectivity index (χ4n) is 5.32. The Kier molecular flexibility index (Phi) is 10.4. The van der Waals surface area contributed by atoms with Crippen LogP contribution >= 0.6 is 0 Å². The zero-order valence-corrected chi connectivity index (χ0v) is 26.9. The van der Waals surface area contributed by atoms with Gasteiger partial charge in [0.15, 0.2) is 6.61 Å². The third-order valence-electron chi connectivity index (χ3n) is 8.33. The highest BCUT2D eigenvalue weighted by Crippen LogP contribution is 2.26. The Morgan fingerprint density at radius 3 is 1.95 bits per heavy atom. The van der Waals surface area contributed by atoms with Gasteiger partial charge in [0.2, 0.25) is 10.0 Å². The number of aryl methyl sites for hydroxylation is 2. The van der Waals surface area contributed by atoms with Gasteiger partial charge >= 0.3 is 5.97 Å². The van der Waals surface area contributed by atoms with Crippen molar-refractivity contribution in [1.82, 2.24) is 14.5 Å². The van der Waals surface area contributed by atoms with Gasteiger partial charge < -0.3 is 9.64 Å². The predicted molar refractivity (Wildman–Crippen MR) is 169 cm³/mol. The lowest BCUT2D eigenvalue weighted by Gasteiger charge is -2.34. The van der Waals surface area contributed by atoms with Crippen LogP contribution < -0.4 is 4.72 Å². The van der Waals surface area contributed by atoms with E-state index in [1.165, 1.54) is 11.1 Å². The lowest BCUT2D eigenvalue weighted by Crippen LogP contribution is -2.49. The number of sulfonamides is 1. The third-order valence-corrected chi connectivity index (χ3v) is 10.0. The van der Waals surface area contributed by atoms with Crippen molar-refractivity contribution < 1.29 is 22.7 Å². The summed E-state index contributed by atoms with van der Waals surface area (Å²) in [7, 11) is -3.73. The molecular weight excluding hydrogens is 562 g/mol. The Hall–Kier alpha value is -3.53. The summed E-state index contributed by atoms with van der Waals surface area (Å²) in [6.45, 7) is 15.1. The number of nitrogens with one attached hydrogen (secondary N) is 1. The number of nitrogens with zero attached hydrogens (tertiary/aromatic N) is 2. The van der Waals surface area contributed by atoms with Crippen molar-refractivity contribution >= 4 is 21.9 Å². The molecule has 1 aliphatic rings. The van der Waals surface area contributed by atoms with Crippen LogP contribution in [0.2, 0.25) is 0 Å². The second-order valence-corrected chi connectivity index (χ2v) is 13.4. The third kappa shape index (κ3) is 8.10. The first-order valence-electron chi connectivity index (χ1n) is 14.8. The second-order valence-electron chi connectivity index (χ2n) is 11.7. The molecular formula is C34H43N3O5S. The van der Waals surface area contributed by atoms with E-state index in [0.29, 0.717) is 35.0 Å². The van der Waals surface area contributed by atoms with Crippen LogP contribution in [0.4, 0.5) is 0 Å². The fraction of sp³-hybridized carbons (Fsp3) is 0.412. The molecule has 0 saturated carbocycles. The number of esters is 1. The molecule has 3 aromatic rings. The quantitative estimate of drug-likeness (QED) is 0.326. The molecule has 9 heteroatoms. The monoisotopic (exact) mass is 605 g/mol. The van der Waals surface area contributed by atoms with Gasteiger partial charge in [-0.05, 0) is 84.7 Å². The Bertz CT molecular complexity index is 1530. The van der Waals surface area contributed by atoms with Gasteiger partial charge in [-0.2, -0.15) is 0 Å². The molecule has 0 radical (unpaired) electrons. The van der Waals surface area contributed by atoms with Crippen LogP contribution in [0.1, 0.15) is 69.1 Å². The molecule has 0 unspecified atom stereocenters. The Balaban J connectivity index is 1.23. The SMILES string of the molecule is Cc1cc(C)c(C)c(S(=O)(=O)NCc2ccc(C(=O)OCC(=O)N3CCN(Cc4ccc(C(C)C)cc4)CC3)cc2)c1C. The highest BCUT2D eigenvalue weighted by molar-refractivity contribution is 7.89. The lowest BCUT2D eigenvalue weighted by molar-refractivity contribution is -0.136. The number of hydrogen-bond acceptors (Lipinski definition) is 6. The number of hydrogen-bond donors (Lipinski definition) is 1. The number of ether oxygens (including phenoxy) is 1. The Morgan fingerprint density at radius 2 is 1.40 bits per heavy atom. The van der Waals surface area contributed by atoms with Crippen molar-refractivity contribution in [2.24, 2.45) is 0 Å². The zero-order chi connectivity index (χ0) is 31.3. The summed E-state index contributed by atoms with van der Waals surface area (Å²) in [6.07, 6.45) is 0. The van der Waals surface area contributed by atoms with Crippen molar-refractivity contribution in [2.75, 3.05) is 32.8 Å². The molecule has 8 nitrogen and oxygen atoms in total. The minimum Gasteiger partial charge on any atom is -0.452 e. The van der Waals surface area contributed by atoms with Crippen LogP contribution in [0.5, 0.6) is 0 Å². The first kappa shape index (κ1) is 32.4. The van der Waals surface area contributed by atoms with E-state index in [1.54, 1.807) is 29.2 Å². The van der Waals surface area contributed by atoms with Crippen LogP contribution in [-0.2, 0) is 32.6 Å². The smallest absolute Gasteiger partial charge is 0.338 e. The summed E-state index contributed by atoms with van der Waals surface area (Å²) in [4.78, 5) is 29.7. The van der Waals surface area contributed by atoms with Crippen LogP contribution in [-0.4, -0.2) is 62.9 Å². The van der Waals surface area contributed by atoms with Gasteiger partial charge in [-0.15, -0.1) is 0 Å². The maximum absolute atomic E-state index is 13.1. The van der Waals surface area contributed by atoms with E-state index in [4.69, 9.17) is 4.74 Å². The standard InChI is InChI=1S/C34H43N3O5S/c1-23(2)30-11-9-29(10-12-30)21-36-15-17-37(18-16-36)32(38)22-42-34(39)31-13-7-28(8-14-31)20-35-43(40,41)33-26(5)24(3)19-25(4)27(33)6/h7-14,19,23,35H,15-18,20-22H2,1-6H3. The van der Waals surface area contributed by atoms with Gasteiger partial charge in [-0.1, -0.05) is 56.3 Å². The molecule has 0 atom stereocenters. The van der Waals surface area contributed by atoms with Crippen molar-refractivity contribution in [3.05, 3.63) is 99.1 Å². The van der Waals surface area contributed by atoms with Gasteiger partial charge in [0.05, 0.1) is 10.5 Å². The molecule has 1 heterocycles. The van der Waals surface area contributed by atoms with Crippen LogP contribution in [0.15, 0.2) is 59.5 Å². The summed E-state index contributed by atoms with van der Waals surface area (Å²) in [5, 5.41) is 0. The first-order valence-corrected chi connectivity index (χ1v) is 16.3. The van der Waals surface area contributed by atoms with E-state index >= 15 is 0 Å². The van der Waals surface area contributed by atoms with Crippen molar-refractivity contribution in [3.8, 4) is 0 Å². The molecule has 0 aromatic heterocycles. The molecule has 0 aliphatic carbocycles. The summed E-state index contributed by atoms with van der Waals surface area (Å²) < 4.78 is 34.2. The molecule has 230 valence electrons. The maximum Gasteiger partial charge on any atom is 0.338 e. The second kappa shape index (κ2) is 13.8. The van der Waals surface area contributed by atoms with Crippen molar-refractivity contribution in [1.29, 1.82) is 0 Å².